The molecule has 0 amide bonds. The van der Waals surface area contributed by atoms with E-state index in [9.17, 15) is 13.6 Å². The molecule has 0 atom stereocenters. The molecule has 0 aliphatic rings. The van der Waals surface area contributed by atoms with Gasteiger partial charge in [0.2, 0.25) is 0 Å². The number of benzene rings is 1. The summed E-state index contributed by atoms with van der Waals surface area (Å²) in [6, 6.07) is 4.84. The van der Waals surface area contributed by atoms with Gasteiger partial charge in [0, 0.05) is 11.8 Å². The molecule has 0 saturated carbocycles. The van der Waals surface area contributed by atoms with Crippen molar-refractivity contribution in [2.45, 2.75) is 0 Å². The summed E-state index contributed by atoms with van der Waals surface area (Å²) < 4.78 is 26.5. The molecule has 2 rings (SSSR count). The minimum Gasteiger partial charge on any atom is -0.396 e. The van der Waals surface area contributed by atoms with Crippen LogP contribution >= 0.6 is 0 Å². The Morgan fingerprint density at radius 3 is 2.59 bits per heavy atom. The Labute approximate surface area is 95.9 Å². The van der Waals surface area contributed by atoms with Crippen LogP contribution in [0.15, 0.2) is 36.7 Å². The third kappa shape index (κ3) is 2.13. The van der Waals surface area contributed by atoms with Crippen molar-refractivity contribution in [2.75, 3.05) is 5.73 Å². The Morgan fingerprint density at radius 2 is 1.94 bits per heavy atom. The maximum atomic E-state index is 13.3. The van der Waals surface area contributed by atoms with Crippen molar-refractivity contribution in [3.8, 4) is 0 Å². The summed E-state index contributed by atoms with van der Waals surface area (Å²) in [5.74, 6) is -2.05. The summed E-state index contributed by atoms with van der Waals surface area (Å²) in [7, 11) is 0. The van der Waals surface area contributed by atoms with Gasteiger partial charge in [-0.3, -0.25) is 9.78 Å². The number of nitrogens with two attached hydrogens (primary N) is 1. The van der Waals surface area contributed by atoms with Gasteiger partial charge >= 0.3 is 0 Å². The van der Waals surface area contributed by atoms with Gasteiger partial charge in [-0.05, 0) is 24.3 Å². The number of carbonyl (C=O) groups is 1. The van der Waals surface area contributed by atoms with E-state index in [4.69, 9.17) is 5.73 Å². The molecule has 0 aliphatic heterocycles. The van der Waals surface area contributed by atoms with E-state index in [1.54, 1.807) is 0 Å². The zero-order valence-corrected chi connectivity index (χ0v) is 8.65. The molecule has 0 spiro atoms. The lowest BCUT2D eigenvalue weighted by atomic mass is 10.0. The molecule has 2 N–H and O–H groups in total. The van der Waals surface area contributed by atoms with Gasteiger partial charge in [-0.1, -0.05) is 0 Å². The predicted octanol–water partition coefficient (Wildman–Crippen LogP) is 2.17. The normalized spacial score (nSPS) is 10.2. The topological polar surface area (TPSA) is 56.0 Å². The minimum atomic E-state index is -0.741. The highest BCUT2D eigenvalue weighted by molar-refractivity contribution is 6.09. The maximum absolute atomic E-state index is 13.3. The number of nitrogens with zero attached hydrogens (tertiary/aromatic N) is 1. The number of halogens is 2. The number of rotatable bonds is 2. The molecule has 0 aliphatic carbocycles. The molecule has 1 aromatic heterocycles. The van der Waals surface area contributed by atoms with Gasteiger partial charge in [-0.15, -0.1) is 0 Å². The van der Waals surface area contributed by atoms with Crippen molar-refractivity contribution in [1.82, 2.24) is 4.98 Å². The second-order valence-electron chi connectivity index (χ2n) is 3.42. The summed E-state index contributed by atoms with van der Waals surface area (Å²) in [5.41, 5.74) is 5.12. The highest BCUT2D eigenvalue weighted by atomic mass is 19.1. The second-order valence-corrected chi connectivity index (χ2v) is 3.42. The molecule has 0 unspecified atom stereocenters. The van der Waals surface area contributed by atoms with Crippen LogP contribution in [0.5, 0.6) is 0 Å². The Hall–Kier alpha value is -2.30. The lowest BCUT2D eigenvalue weighted by Crippen LogP contribution is -2.05. The van der Waals surface area contributed by atoms with Crippen LogP contribution in [0.1, 0.15) is 15.9 Å². The summed E-state index contributed by atoms with van der Waals surface area (Å²) >= 11 is 0. The predicted molar refractivity (Wildman–Crippen MR) is 58.4 cm³/mol. The number of nitrogen functional groups attached to an aromatic ring is 1. The van der Waals surface area contributed by atoms with Gasteiger partial charge in [0.25, 0.3) is 0 Å². The molecule has 2 aromatic rings. The third-order valence-corrected chi connectivity index (χ3v) is 2.28. The standard InChI is InChI=1S/C12H8F2N2O/c13-9-5-7(1-2-11(9)15)12(17)8-3-4-16-6-10(8)14/h1-6H,15H2. The van der Waals surface area contributed by atoms with E-state index in [-0.39, 0.29) is 16.8 Å². The smallest absolute Gasteiger partial charge is 0.196 e. The fourth-order valence-corrected chi connectivity index (χ4v) is 1.38. The van der Waals surface area contributed by atoms with Gasteiger partial charge in [0.15, 0.2) is 11.6 Å². The molecular weight excluding hydrogens is 226 g/mol. The lowest BCUT2D eigenvalue weighted by Gasteiger charge is -2.03. The highest BCUT2D eigenvalue weighted by Gasteiger charge is 2.14. The maximum Gasteiger partial charge on any atom is 0.196 e. The van der Waals surface area contributed by atoms with E-state index in [0.29, 0.717) is 0 Å². The van der Waals surface area contributed by atoms with Crippen LogP contribution in [0, 0.1) is 11.6 Å². The van der Waals surface area contributed by atoms with E-state index >= 15 is 0 Å². The number of anilines is 1. The average molecular weight is 234 g/mol. The molecule has 0 bridgehead atoms. The molecule has 0 fully saturated rings. The van der Waals surface area contributed by atoms with Crippen molar-refractivity contribution in [3.05, 3.63) is 59.4 Å². The van der Waals surface area contributed by atoms with Gasteiger partial charge in [-0.2, -0.15) is 0 Å². The Bertz CT molecular complexity index is 584. The SMILES string of the molecule is Nc1ccc(C(=O)c2ccncc2F)cc1F. The minimum absolute atomic E-state index is 0.0433. The van der Waals surface area contributed by atoms with Crippen molar-refractivity contribution in [3.63, 3.8) is 0 Å². The summed E-state index contributed by atoms with van der Waals surface area (Å²) in [5, 5.41) is 0. The van der Waals surface area contributed by atoms with Gasteiger partial charge < -0.3 is 5.73 Å². The fraction of sp³-hybridized carbons (Fsp3) is 0. The average Bonchev–Trinajstić information content (AvgIpc) is 2.32. The number of hydrogen-bond donors (Lipinski definition) is 1. The Kier molecular flexibility index (Phi) is 2.82. The van der Waals surface area contributed by atoms with Crippen molar-refractivity contribution in [1.29, 1.82) is 0 Å². The zero-order valence-electron chi connectivity index (χ0n) is 8.65. The molecular formula is C12H8F2N2O. The van der Waals surface area contributed by atoms with Gasteiger partial charge in [-0.25, -0.2) is 8.78 Å². The van der Waals surface area contributed by atoms with Crippen LogP contribution in [-0.4, -0.2) is 10.8 Å². The van der Waals surface area contributed by atoms with Gasteiger partial charge in [0.05, 0.1) is 17.4 Å². The molecule has 5 heteroatoms. The first-order chi connectivity index (χ1) is 8.09. The van der Waals surface area contributed by atoms with Crippen molar-refractivity contribution >= 4 is 11.5 Å². The van der Waals surface area contributed by atoms with Gasteiger partial charge in [0.1, 0.15) is 5.82 Å². The molecule has 0 radical (unpaired) electrons. The van der Waals surface area contributed by atoms with Crippen LogP contribution < -0.4 is 5.73 Å². The molecule has 1 aromatic carbocycles. The second kappa shape index (κ2) is 4.29. The Morgan fingerprint density at radius 1 is 1.18 bits per heavy atom. The number of aromatic nitrogens is 1. The molecule has 1 heterocycles. The summed E-state index contributed by atoms with van der Waals surface area (Å²) in [6.07, 6.45) is 2.23. The highest BCUT2D eigenvalue weighted by Crippen LogP contribution is 2.16. The zero-order chi connectivity index (χ0) is 12.4. The quantitative estimate of drug-likeness (QED) is 0.640. The molecule has 17 heavy (non-hydrogen) atoms. The first-order valence-electron chi connectivity index (χ1n) is 4.79. The first-order valence-corrected chi connectivity index (χ1v) is 4.79. The fourth-order valence-electron chi connectivity index (χ4n) is 1.38. The van der Waals surface area contributed by atoms with E-state index in [1.165, 1.54) is 24.4 Å². The van der Waals surface area contributed by atoms with E-state index in [0.717, 1.165) is 12.3 Å². The van der Waals surface area contributed by atoms with Crippen LogP contribution in [0.3, 0.4) is 0 Å². The number of carbonyl (C=O) groups excluding carboxylic acids is 1. The Balaban J connectivity index is 2.44. The van der Waals surface area contributed by atoms with E-state index < -0.39 is 17.4 Å². The molecule has 86 valence electrons. The number of ketones is 1. The molecule has 0 saturated heterocycles. The van der Waals surface area contributed by atoms with Crippen LogP contribution in [0.4, 0.5) is 14.5 Å². The van der Waals surface area contributed by atoms with Crippen LogP contribution in [0.2, 0.25) is 0 Å². The van der Waals surface area contributed by atoms with E-state index in [1.807, 2.05) is 0 Å². The number of pyridine rings is 1. The van der Waals surface area contributed by atoms with Crippen molar-refractivity contribution in [2.24, 2.45) is 0 Å². The van der Waals surface area contributed by atoms with Crippen LogP contribution in [-0.2, 0) is 0 Å². The molecule has 3 nitrogen and oxygen atoms in total. The third-order valence-electron chi connectivity index (χ3n) is 2.28. The van der Waals surface area contributed by atoms with Crippen LogP contribution in [0.25, 0.3) is 0 Å². The van der Waals surface area contributed by atoms with Crippen molar-refractivity contribution < 1.29 is 13.6 Å². The summed E-state index contributed by atoms with van der Waals surface area (Å²) in [4.78, 5) is 15.4. The monoisotopic (exact) mass is 234 g/mol. The lowest BCUT2D eigenvalue weighted by molar-refractivity contribution is 0.103. The summed E-state index contributed by atoms with van der Waals surface area (Å²) in [6.45, 7) is 0. The van der Waals surface area contributed by atoms with E-state index in [2.05, 4.69) is 4.98 Å². The first kappa shape index (κ1) is 11.2. The number of hydrogen-bond acceptors (Lipinski definition) is 3. The largest absolute Gasteiger partial charge is 0.396 e.